The third kappa shape index (κ3) is 5.46. The highest BCUT2D eigenvalue weighted by Gasteiger charge is 2.18. The molecule has 4 aromatic rings. The summed E-state index contributed by atoms with van der Waals surface area (Å²) in [7, 11) is -3.33. The number of benzene rings is 2. The number of sulfone groups is 1. The summed E-state index contributed by atoms with van der Waals surface area (Å²) >= 11 is 0. The second-order valence-corrected chi connectivity index (χ2v) is 10.4. The molecule has 2 N–H and O–H groups in total. The zero-order valence-corrected chi connectivity index (χ0v) is 19.5. The van der Waals surface area contributed by atoms with E-state index in [0.29, 0.717) is 17.3 Å². The van der Waals surface area contributed by atoms with Gasteiger partial charge in [-0.25, -0.2) is 13.1 Å². The molecular formula is C24H24N6O3S. The largest absolute Gasteiger partial charge is 0.339 e. The maximum atomic E-state index is 12.4. The van der Waals surface area contributed by atoms with E-state index in [1.165, 1.54) is 0 Å². The molecule has 1 amide bonds. The molecule has 34 heavy (non-hydrogen) atoms. The lowest BCUT2D eigenvalue weighted by Crippen LogP contribution is -2.15. The fraction of sp³-hybridized carbons (Fsp3) is 0.167. The van der Waals surface area contributed by atoms with Crippen LogP contribution in [0.5, 0.6) is 0 Å². The highest BCUT2D eigenvalue weighted by Crippen LogP contribution is 2.19. The number of aromatic nitrogens is 4. The minimum atomic E-state index is -3.33. The number of nitrogens with one attached hydrogen (secondary N) is 2. The van der Waals surface area contributed by atoms with Crippen LogP contribution in [-0.2, 0) is 21.1 Å². The summed E-state index contributed by atoms with van der Waals surface area (Å²) in [5.74, 6) is 1.00. The van der Waals surface area contributed by atoms with Gasteiger partial charge in [0.2, 0.25) is 5.91 Å². The summed E-state index contributed by atoms with van der Waals surface area (Å²) in [6, 6.07) is 19.1. The number of rotatable bonds is 8. The van der Waals surface area contributed by atoms with Gasteiger partial charge < -0.3 is 10.6 Å². The van der Waals surface area contributed by atoms with E-state index >= 15 is 0 Å². The van der Waals surface area contributed by atoms with Crippen LogP contribution in [0, 0.1) is 0 Å². The molecule has 2 aromatic carbocycles. The lowest BCUT2D eigenvalue weighted by Gasteiger charge is -2.10. The zero-order chi connectivity index (χ0) is 24.1. The van der Waals surface area contributed by atoms with Crippen molar-refractivity contribution in [2.75, 3.05) is 10.6 Å². The maximum absolute atomic E-state index is 12.4. The number of hydrogen-bond acceptors (Lipinski definition) is 7. The van der Waals surface area contributed by atoms with Gasteiger partial charge in [-0.3, -0.25) is 4.79 Å². The average Bonchev–Trinajstić information content (AvgIpc) is 3.36. The molecule has 0 atom stereocenters. The van der Waals surface area contributed by atoms with E-state index in [1.54, 1.807) is 73.4 Å². The van der Waals surface area contributed by atoms with Crippen LogP contribution >= 0.6 is 0 Å². The number of hydrogen-bond donors (Lipinski definition) is 2. The summed E-state index contributed by atoms with van der Waals surface area (Å²) in [5.41, 5.74) is 2.17. The molecule has 2 heterocycles. The van der Waals surface area contributed by atoms with Crippen molar-refractivity contribution in [2.45, 2.75) is 30.4 Å². The SMILES string of the molecule is CC(C)S(=O)(=O)c1ccc(CC(=O)Nc2ccc(Nc3ccc(-n4cccn4)nn3)cc2)cc1. The Hall–Kier alpha value is -4.05. The van der Waals surface area contributed by atoms with E-state index < -0.39 is 15.1 Å². The first-order chi connectivity index (χ1) is 16.3. The Kier molecular flexibility index (Phi) is 6.69. The van der Waals surface area contributed by atoms with Gasteiger partial charge in [-0.2, -0.15) is 5.10 Å². The smallest absolute Gasteiger partial charge is 0.228 e. The number of carbonyl (C=O) groups is 1. The van der Waals surface area contributed by atoms with E-state index in [-0.39, 0.29) is 17.2 Å². The van der Waals surface area contributed by atoms with E-state index in [9.17, 15) is 13.2 Å². The Morgan fingerprint density at radius 2 is 1.65 bits per heavy atom. The molecule has 0 aliphatic carbocycles. The standard InChI is InChI=1S/C24H24N6O3S/c1-17(2)34(32,33)21-10-4-18(5-11-21)16-24(31)27-20-8-6-19(7-9-20)26-22-12-13-23(29-28-22)30-15-3-14-25-30/h3-15,17H,16H2,1-2H3,(H,26,28)(H,27,31). The fourth-order valence-corrected chi connectivity index (χ4v) is 4.22. The molecule has 0 aliphatic heterocycles. The Bertz CT molecular complexity index is 1350. The topological polar surface area (TPSA) is 119 Å². The molecule has 10 heteroatoms. The monoisotopic (exact) mass is 476 g/mol. The molecular weight excluding hydrogens is 452 g/mol. The first kappa shape index (κ1) is 23.1. The second-order valence-electron chi connectivity index (χ2n) is 7.89. The molecule has 0 bridgehead atoms. The van der Waals surface area contributed by atoms with Crippen LogP contribution in [0.15, 0.2) is 84.0 Å². The zero-order valence-electron chi connectivity index (χ0n) is 18.7. The van der Waals surface area contributed by atoms with E-state index in [2.05, 4.69) is 25.9 Å². The van der Waals surface area contributed by atoms with Gasteiger partial charge in [0.15, 0.2) is 21.5 Å². The third-order valence-corrected chi connectivity index (χ3v) is 7.24. The van der Waals surface area contributed by atoms with Gasteiger partial charge >= 0.3 is 0 Å². The van der Waals surface area contributed by atoms with Gasteiger partial charge in [0.05, 0.1) is 16.6 Å². The molecule has 0 radical (unpaired) electrons. The van der Waals surface area contributed by atoms with E-state index in [0.717, 1.165) is 11.3 Å². The van der Waals surface area contributed by atoms with Crippen LogP contribution in [0.3, 0.4) is 0 Å². The Labute approximate surface area is 197 Å². The number of nitrogens with zero attached hydrogens (tertiary/aromatic N) is 4. The summed E-state index contributed by atoms with van der Waals surface area (Å²) in [5, 5.41) is 17.9. The Morgan fingerprint density at radius 3 is 2.24 bits per heavy atom. The maximum Gasteiger partial charge on any atom is 0.228 e. The summed E-state index contributed by atoms with van der Waals surface area (Å²) in [6.07, 6.45) is 3.60. The van der Waals surface area contributed by atoms with Gasteiger partial charge in [0.25, 0.3) is 0 Å². The van der Waals surface area contributed by atoms with Crippen molar-refractivity contribution < 1.29 is 13.2 Å². The molecule has 2 aromatic heterocycles. The van der Waals surface area contributed by atoms with Crippen LogP contribution in [-0.4, -0.2) is 39.6 Å². The van der Waals surface area contributed by atoms with Crippen molar-refractivity contribution in [3.8, 4) is 5.82 Å². The number of carbonyl (C=O) groups excluding carboxylic acids is 1. The van der Waals surface area contributed by atoms with Gasteiger partial charge in [0, 0.05) is 23.8 Å². The average molecular weight is 477 g/mol. The molecule has 9 nitrogen and oxygen atoms in total. The van der Waals surface area contributed by atoms with Crippen molar-refractivity contribution >= 4 is 32.9 Å². The van der Waals surface area contributed by atoms with Crippen molar-refractivity contribution in [2.24, 2.45) is 0 Å². The minimum Gasteiger partial charge on any atom is -0.339 e. The molecule has 0 fully saturated rings. The van der Waals surface area contributed by atoms with Crippen LogP contribution in [0.1, 0.15) is 19.4 Å². The van der Waals surface area contributed by atoms with Crippen LogP contribution in [0.25, 0.3) is 5.82 Å². The molecule has 0 unspecified atom stereocenters. The fourth-order valence-electron chi connectivity index (χ4n) is 3.16. The van der Waals surface area contributed by atoms with Crippen molar-refractivity contribution in [3.63, 3.8) is 0 Å². The Morgan fingerprint density at radius 1 is 0.941 bits per heavy atom. The van der Waals surface area contributed by atoms with Gasteiger partial charge in [-0.05, 0) is 74.0 Å². The molecule has 0 spiro atoms. The van der Waals surface area contributed by atoms with E-state index in [4.69, 9.17) is 0 Å². The predicted octanol–water partition coefficient (Wildman–Crippen LogP) is 3.77. The highest BCUT2D eigenvalue weighted by molar-refractivity contribution is 7.92. The van der Waals surface area contributed by atoms with E-state index in [1.807, 2.05) is 24.3 Å². The predicted molar refractivity (Wildman–Crippen MR) is 130 cm³/mol. The normalized spacial score (nSPS) is 11.4. The molecule has 4 rings (SSSR count). The second kappa shape index (κ2) is 9.84. The lowest BCUT2D eigenvalue weighted by molar-refractivity contribution is -0.115. The third-order valence-electron chi connectivity index (χ3n) is 5.07. The van der Waals surface area contributed by atoms with Gasteiger partial charge in [-0.15, -0.1) is 10.2 Å². The number of anilines is 3. The van der Waals surface area contributed by atoms with Crippen molar-refractivity contribution in [3.05, 3.63) is 84.7 Å². The van der Waals surface area contributed by atoms with Crippen LogP contribution in [0.2, 0.25) is 0 Å². The van der Waals surface area contributed by atoms with Crippen molar-refractivity contribution in [1.29, 1.82) is 0 Å². The van der Waals surface area contributed by atoms with Crippen LogP contribution in [0.4, 0.5) is 17.2 Å². The highest BCUT2D eigenvalue weighted by atomic mass is 32.2. The summed E-state index contributed by atoms with van der Waals surface area (Å²) < 4.78 is 26.1. The molecule has 174 valence electrons. The Balaban J connectivity index is 1.32. The summed E-state index contributed by atoms with van der Waals surface area (Å²) in [4.78, 5) is 12.7. The van der Waals surface area contributed by atoms with Crippen molar-refractivity contribution in [1.82, 2.24) is 20.0 Å². The first-order valence-electron chi connectivity index (χ1n) is 10.6. The number of amides is 1. The lowest BCUT2D eigenvalue weighted by atomic mass is 10.1. The molecule has 0 saturated heterocycles. The van der Waals surface area contributed by atoms with Gasteiger partial charge in [0.1, 0.15) is 0 Å². The minimum absolute atomic E-state index is 0.139. The first-order valence-corrected chi connectivity index (χ1v) is 12.2. The molecule has 0 saturated carbocycles. The van der Waals surface area contributed by atoms with Crippen LogP contribution < -0.4 is 10.6 Å². The molecule has 0 aliphatic rings. The van der Waals surface area contributed by atoms with Gasteiger partial charge in [-0.1, -0.05) is 12.1 Å². The summed E-state index contributed by atoms with van der Waals surface area (Å²) in [6.45, 7) is 3.28. The quantitative estimate of drug-likeness (QED) is 0.397.